The molecule has 0 bridgehead atoms. The Morgan fingerprint density at radius 1 is 1.37 bits per heavy atom. The number of carboxylic acid groups (broad SMARTS) is 1. The van der Waals surface area contributed by atoms with Crippen molar-refractivity contribution >= 4 is 5.97 Å². The zero-order chi connectivity index (χ0) is 13.9. The van der Waals surface area contributed by atoms with Gasteiger partial charge < -0.3 is 14.6 Å². The highest BCUT2D eigenvalue weighted by atomic mass is 16.5. The fourth-order valence-corrected chi connectivity index (χ4v) is 3.27. The molecule has 0 radical (unpaired) electrons. The largest absolute Gasteiger partial charge is 0.480 e. The van der Waals surface area contributed by atoms with Crippen LogP contribution in [0.25, 0.3) is 0 Å². The van der Waals surface area contributed by atoms with Gasteiger partial charge in [0, 0.05) is 31.9 Å². The molecule has 0 saturated carbocycles. The Morgan fingerprint density at radius 2 is 2.05 bits per heavy atom. The molecule has 5 heteroatoms. The van der Waals surface area contributed by atoms with E-state index in [0.29, 0.717) is 6.04 Å². The standard InChI is InChI=1S/C14H25NO4/c1-11(2)15(10-13(16)17)12-3-6-19-14(9-12)4-7-18-8-5-14/h11-12H,3-10H2,1-2H3,(H,16,17). The third kappa shape index (κ3) is 3.68. The zero-order valence-electron chi connectivity index (χ0n) is 11.9. The molecule has 5 nitrogen and oxygen atoms in total. The summed E-state index contributed by atoms with van der Waals surface area (Å²) in [6, 6.07) is 0.555. The molecule has 0 aromatic rings. The molecule has 2 fully saturated rings. The number of nitrogens with zero attached hydrogens (tertiary/aromatic N) is 1. The average molecular weight is 271 g/mol. The Bertz CT molecular complexity index is 307. The second-order valence-electron chi connectivity index (χ2n) is 5.95. The maximum atomic E-state index is 11.0. The smallest absolute Gasteiger partial charge is 0.317 e. The van der Waals surface area contributed by atoms with Crippen LogP contribution < -0.4 is 0 Å². The van der Waals surface area contributed by atoms with Crippen molar-refractivity contribution in [2.45, 2.75) is 57.2 Å². The van der Waals surface area contributed by atoms with Gasteiger partial charge >= 0.3 is 5.97 Å². The fraction of sp³-hybridized carbons (Fsp3) is 0.929. The summed E-state index contributed by atoms with van der Waals surface area (Å²) in [7, 11) is 0. The van der Waals surface area contributed by atoms with Crippen LogP contribution in [0.15, 0.2) is 0 Å². The predicted molar refractivity (Wildman–Crippen MR) is 71.2 cm³/mol. The molecule has 2 heterocycles. The average Bonchev–Trinajstić information content (AvgIpc) is 2.36. The Balaban J connectivity index is 2.03. The minimum absolute atomic E-state index is 0.0766. The fourth-order valence-electron chi connectivity index (χ4n) is 3.27. The number of rotatable bonds is 4. The van der Waals surface area contributed by atoms with E-state index in [9.17, 15) is 4.79 Å². The first kappa shape index (κ1) is 14.8. The maximum absolute atomic E-state index is 11.0. The molecule has 1 spiro atoms. The van der Waals surface area contributed by atoms with Gasteiger partial charge in [-0.2, -0.15) is 0 Å². The van der Waals surface area contributed by atoms with Crippen LogP contribution >= 0.6 is 0 Å². The molecule has 1 N–H and O–H groups in total. The van der Waals surface area contributed by atoms with Crippen molar-refractivity contribution in [2.75, 3.05) is 26.4 Å². The van der Waals surface area contributed by atoms with Crippen LogP contribution in [0.4, 0.5) is 0 Å². The summed E-state index contributed by atoms with van der Waals surface area (Å²) in [5.41, 5.74) is -0.0766. The van der Waals surface area contributed by atoms with Crippen LogP contribution in [0.1, 0.15) is 39.5 Å². The summed E-state index contributed by atoms with van der Waals surface area (Å²) < 4.78 is 11.4. The monoisotopic (exact) mass is 271 g/mol. The summed E-state index contributed by atoms with van der Waals surface area (Å²) in [5, 5.41) is 9.07. The first-order valence-corrected chi connectivity index (χ1v) is 7.22. The van der Waals surface area contributed by atoms with Gasteiger partial charge in [0.05, 0.1) is 12.1 Å². The Labute approximate surface area is 114 Å². The third-order valence-electron chi connectivity index (χ3n) is 4.32. The van der Waals surface area contributed by atoms with Crippen LogP contribution in [-0.2, 0) is 14.3 Å². The van der Waals surface area contributed by atoms with Crippen molar-refractivity contribution in [1.29, 1.82) is 0 Å². The van der Waals surface area contributed by atoms with E-state index in [1.54, 1.807) is 0 Å². The van der Waals surface area contributed by atoms with Crippen molar-refractivity contribution in [1.82, 2.24) is 4.90 Å². The van der Waals surface area contributed by atoms with Gasteiger partial charge in [-0.1, -0.05) is 0 Å². The lowest BCUT2D eigenvalue weighted by atomic mass is 9.83. The molecule has 2 aliphatic rings. The summed E-state index contributed by atoms with van der Waals surface area (Å²) >= 11 is 0. The van der Waals surface area contributed by atoms with Gasteiger partial charge in [-0.15, -0.1) is 0 Å². The van der Waals surface area contributed by atoms with E-state index < -0.39 is 5.97 Å². The van der Waals surface area contributed by atoms with Crippen LogP contribution in [0.3, 0.4) is 0 Å². The number of hydrogen-bond acceptors (Lipinski definition) is 4. The van der Waals surface area contributed by atoms with E-state index in [1.807, 2.05) is 0 Å². The van der Waals surface area contributed by atoms with Gasteiger partial charge in [-0.05, 0) is 39.5 Å². The number of hydrogen-bond donors (Lipinski definition) is 1. The van der Waals surface area contributed by atoms with Crippen LogP contribution in [0.2, 0.25) is 0 Å². The van der Waals surface area contributed by atoms with E-state index in [0.717, 1.165) is 45.5 Å². The molecule has 2 aliphatic heterocycles. The zero-order valence-corrected chi connectivity index (χ0v) is 11.9. The second-order valence-corrected chi connectivity index (χ2v) is 5.95. The topological polar surface area (TPSA) is 59.0 Å². The van der Waals surface area contributed by atoms with Crippen molar-refractivity contribution in [2.24, 2.45) is 0 Å². The second kappa shape index (κ2) is 6.20. The summed E-state index contributed by atoms with van der Waals surface area (Å²) in [5.74, 6) is -0.749. The van der Waals surface area contributed by atoms with Gasteiger partial charge in [0.1, 0.15) is 0 Å². The first-order chi connectivity index (χ1) is 9.02. The first-order valence-electron chi connectivity index (χ1n) is 7.22. The van der Waals surface area contributed by atoms with Crippen LogP contribution in [-0.4, -0.2) is 60.0 Å². The van der Waals surface area contributed by atoms with Gasteiger partial charge in [0.2, 0.25) is 0 Å². The minimum Gasteiger partial charge on any atom is -0.480 e. The molecule has 1 atom stereocenters. The van der Waals surface area contributed by atoms with Crippen LogP contribution in [0.5, 0.6) is 0 Å². The summed E-state index contributed by atoms with van der Waals surface area (Å²) in [6.07, 6.45) is 3.72. The summed E-state index contributed by atoms with van der Waals surface area (Å²) in [6.45, 7) is 6.49. The van der Waals surface area contributed by atoms with E-state index >= 15 is 0 Å². The predicted octanol–water partition coefficient (Wildman–Crippen LogP) is 1.51. The Kier molecular flexibility index (Phi) is 4.81. The molecule has 0 amide bonds. The van der Waals surface area contributed by atoms with Crippen molar-refractivity contribution < 1.29 is 19.4 Å². The van der Waals surface area contributed by atoms with Gasteiger partial charge in [0.25, 0.3) is 0 Å². The highest BCUT2D eigenvalue weighted by Gasteiger charge is 2.41. The molecule has 2 saturated heterocycles. The minimum atomic E-state index is -0.749. The van der Waals surface area contributed by atoms with Crippen molar-refractivity contribution in [3.8, 4) is 0 Å². The Hall–Kier alpha value is -0.650. The quantitative estimate of drug-likeness (QED) is 0.840. The number of ether oxygens (including phenoxy) is 2. The number of aliphatic carboxylic acids is 1. The molecule has 19 heavy (non-hydrogen) atoms. The SMILES string of the molecule is CC(C)N(CC(=O)O)C1CCOC2(CCOCC2)C1. The van der Waals surface area contributed by atoms with E-state index in [2.05, 4.69) is 18.7 Å². The van der Waals surface area contributed by atoms with E-state index in [1.165, 1.54) is 0 Å². The number of carboxylic acids is 1. The lowest BCUT2D eigenvalue weighted by Crippen LogP contribution is -2.53. The molecular formula is C14H25NO4. The van der Waals surface area contributed by atoms with Crippen molar-refractivity contribution in [3.05, 3.63) is 0 Å². The lowest BCUT2D eigenvalue weighted by Gasteiger charge is -2.47. The van der Waals surface area contributed by atoms with Crippen molar-refractivity contribution in [3.63, 3.8) is 0 Å². The molecule has 1 unspecified atom stereocenters. The molecule has 0 aromatic carbocycles. The van der Waals surface area contributed by atoms with Crippen LogP contribution in [0, 0.1) is 0 Å². The molecule has 2 rings (SSSR count). The molecule has 110 valence electrons. The van der Waals surface area contributed by atoms with E-state index in [-0.39, 0.29) is 18.2 Å². The number of carbonyl (C=O) groups is 1. The van der Waals surface area contributed by atoms with Gasteiger partial charge in [0.15, 0.2) is 0 Å². The Morgan fingerprint density at radius 3 is 2.63 bits per heavy atom. The highest BCUT2D eigenvalue weighted by Crippen LogP contribution is 2.36. The maximum Gasteiger partial charge on any atom is 0.317 e. The highest BCUT2D eigenvalue weighted by molar-refractivity contribution is 5.69. The van der Waals surface area contributed by atoms with Gasteiger partial charge in [-0.25, -0.2) is 0 Å². The molecule has 0 aliphatic carbocycles. The normalized spacial score (nSPS) is 27.1. The molecule has 0 aromatic heterocycles. The van der Waals surface area contributed by atoms with Gasteiger partial charge in [-0.3, -0.25) is 9.69 Å². The summed E-state index contributed by atoms with van der Waals surface area (Å²) in [4.78, 5) is 13.1. The molecular weight excluding hydrogens is 246 g/mol. The third-order valence-corrected chi connectivity index (χ3v) is 4.32. The lowest BCUT2D eigenvalue weighted by molar-refractivity contribution is -0.158. The van der Waals surface area contributed by atoms with E-state index in [4.69, 9.17) is 14.6 Å².